The lowest BCUT2D eigenvalue weighted by atomic mass is 9.89. The largest absolute Gasteiger partial charge is 0.489 e. The fourth-order valence-corrected chi connectivity index (χ4v) is 4.09. The highest BCUT2D eigenvalue weighted by atomic mass is 16.5. The van der Waals surface area contributed by atoms with Gasteiger partial charge < -0.3 is 14.4 Å². The van der Waals surface area contributed by atoms with Crippen molar-refractivity contribution in [1.29, 1.82) is 0 Å². The molecule has 148 valence electrons. The van der Waals surface area contributed by atoms with Crippen molar-refractivity contribution in [3.63, 3.8) is 0 Å². The molecular weight excluding hydrogens is 354 g/mol. The van der Waals surface area contributed by atoms with Crippen LogP contribution >= 0.6 is 0 Å². The first-order valence-electron chi connectivity index (χ1n) is 9.84. The number of rotatable bonds is 4. The minimum atomic E-state index is -0.340. The number of Topliss-reactive ketones (excluding diaryl/α,β-unsaturated/α-hetero) is 1. The summed E-state index contributed by atoms with van der Waals surface area (Å²) < 4.78 is 11.2. The highest BCUT2D eigenvalue weighted by molar-refractivity contribution is 6.04. The van der Waals surface area contributed by atoms with Crippen molar-refractivity contribution in [2.75, 3.05) is 25.1 Å². The highest BCUT2D eigenvalue weighted by Crippen LogP contribution is 2.37. The molecular formula is C22H27N3O3. The topological polar surface area (TPSA) is 64.6 Å². The maximum atomic E-state index is 12.5. The molecule has 3 heterocycles. The Labute approximate surface area is 165 Å². The number of piperidine rings is 1. The van der Waals surface area contributed by atoms with Crippen molar-refractivity contribution < 1.29 is 14.3 Å². The number of hydrogen-bond acceptors (Lipinski definition) is 6. The normalized spacial score (nSPS) is 18.9. The second-order valence-electron chi connectivity index (χ2n) is 8.35. The molecule has 2 aliphatic rings. The van der Waals surface area contributed by atoms with E-state index in [1.807, 2.05) is 39.0 Å². The Morgan fingerprint density at radius 2 is 1.96 bits per heavy atom. The molecule has 1 aliphatic heterocycles. The van der Waals surface area contributed by atoms with Crippen LogP contribution in [0.15, 0.2) is 24.4 Å². The Bertz CT molecular complexity index is 885. The number of nitrogens with zero attached hydrogens (tertiary/aromatic N) is 3. The third kappa shape index (κ3) is 3.43. The summed E-state index contributed by atoms with van der Waals surface area (Å²) in [4.78, 5) is 23.9. The number of methoxy groups -OCH3 is 1. The van der Waals surface area contributed by atoms with Gasteiger partial charge in [0.2, 0.25) is 5.88 Å². The number of carbonyl (C=O) groups excluding carboxylic acids is 1. The molecule has 0 bridgehead atoms. The monoisotopic (exact) mass is 381 g/mol. The van der Waals surface area contributed by atoms with Crippen LogP contribution in [0.1, 0.15) is 48.3 Å². The summed E-state index contributed by atoms with van der Waals surface area (Å²) in [6.07, 6.45) is 4.44. The van der Waals surface area contributed by atoms with Crippen LogP contribution in [-0.4, -0.2) is 42.1 Å². The zero-order valence-electron chi connectivity index (χ0n) is 17.0. The minimum absolute atomic E-state index is 0.168. The Morgan fingerprint density at radius 1 is 1.21 bits per heavy atom. The average Bonchev–Trinajstić information content (AvgIpc) is 2.91. The molecule has 0 saturated carbocycles. The summed E-state index contributed by atoms with van der Waals surface area (Å²) in [5.41, 5.74) is 2.48. The van der Waals surface area contributed by atoms with Gasteiger partial charge >= 0.3 is 0 Å². The molecule has 0 amide bonds. The van der Waals surface area contributed by atoms with Crippen LogP contribution < -0.4 is 14.4 Å². The molecule has 2 aromatic rings. The number of carbonyl (C=O) groups is 1. The van der Waals surface area contributed by atoms with Gasteiger partial charge in [0.25, 0.3) is 0 Å². The van der Waals surface area contributed by atoms with Crippen LogP contribution in [0, 0.1) is 12.3 Å². The van der Waals surface area contributed by atoms with Crippen molar-refractivity contribution in [3.8, 4) is 11.6 Å². The van der Waals surface area contributed by atoms with Crippen molar-refractivity contribution in [3.05, 3.63) is 41.2 Å². The number of pyridine rings is 2. The number of ketones is 1. The molecule has 1 fully saturated rings. The molecule has 4 rings (SSSR count). The summed E-state index contributed by atoms with van der Waals surface area (Å²) >= 11 is 0. The summed E-state index contributed by atoms with van der Waals surface area (Å²) in [5.74, 6) is 2.58. The molecule has 28 heavy (non-hydrogen) atoms. The Kier molecular flexibility index (Phi) is 4.73. The van der Waals surface area contributed by atoms with E-state index in [0.717, 1.165) is 60.7 Å². The molecule has 6 heteroatoms. The summed E-state index contributed by atoms with van der Waals surface area (Å²) in [7, 11) is 1.60. The maximum Gasteiger partial charge on any atom is 0.213 e. The highest BCUT2D eigenvalue weighted by Gasteiger charge is 2.39. The van der Waals surface area contributed by atoms with Crippen LogP contribution in [0.4, 0.5) is 5.82 Å². The lowest BCUT2D eigenvalue weighted by Gasteiger charge is -2.34. The number of hydrogen-bond donors (Lipinski definition) is 0. The standard InChI is InChI=1S/C22H27N3O3/c1-14-11-17-18(12-22(2,3)20(17)26)24-21(14)25-9-7-15(8-10-25)28-16-5-6-19(27-4)23-13-16/h5-6,11,13,15H,7-10,12H2,1-4H3. The smallest absolute Gasteiger partial charge is 0.213 e. The Balaban J connectivity index is 1.42. The molecule has 0 aromatic carbocycles. The van der Waals surface area contributed by atoms with Gasteiger partial charge in [-0.05, 0) is 24.6 Å². The summed E-state index contributed by atoms with van der Waals surface area (Å²) in [5, 5.41) is 0. The third-order valence-corrected chi connectivity index (χ3v) is 5.70. The number of anilines is 1. The molecule has 0 spiro atoms. The van der Waals surface area contributed by atoms with Crippen LogP contribution in [0.3, 0.4) is 0 Å². The van der Waals surface area contributed by atoms with Gasteiger partial charge in [-0.2, -0.15) is 0 Å². The molecule has 6 nitrogen and oxygen atoms in total. The SMILES string of the molecule is COc1ccc(OC2CCN(c3nc4c(cc3C)C(=O)C(C)(C)C4)CC2)cn1. The van der Waals surface area contributed by atoms with E-state index in [1.54, 1.807) is 13.3 Å². The Morgan fingerprint density at radius 3 is 2.61 bits per heavy atom. The fraction of sp³-hybridized carbons (Fsp3) is 0.500. The first-order valence-corrected chi connectivity index (χ1v) is 9.84. The van der Waals surface area contributed by atoms with E-state index in [1.165, 1.54) is 0 Å². The van der Waals surface area contributed by atoms with E-state index in [9.17, 15) is 4.79 Å². The molecule has 0 atom stereocenters. The summed E-state index contributed by atoms with van der Waals surface area (Å²) in [6, 6.07) is 5.73. The lowest BCUT2D eigenvalue weighted by Crippen LogP contribution is -2.39. The predicted molar refractivity (Wildman–Crippen MR) is 107 cm³/mol. The van der Waals surface area contributed by atoms with Gasteiger partial charge in [-0.1, -0.05) is 13.8 Å². The third-order valence-electron chi connectivity index (χ3n) is 5.70. The van der Waals surface area contributed by atoms with Crippen molar-refractivity contribution in [2.45, 2.75) is 46.1 Å². The number of aryl methyl sites for hydroxylation is 1. The van der Waals surface area contributed by atoms with Crippen molar-refractivity contribution >= 4 is 11.6 Å². The second kappa shape index (κ2) is 7.08. The fourth-order valence-electron chi connectivity index (χ4n) is 4.09. The van der Waals surface area contributed by atoms with Crippen LogP contribution in [0.2, 0.25) is 0 Å². The molecule has 2 aromatic heterocycles. The van der Waals surface area contributed by atoms with E-state index in [4.69, 9.17) is 14.5 Å². The number of ether oxygens (including phenoxy) is 2. The Hall–Kier alpha value is -2.63. The van der Waals surface area contributed by atoms with Gasteiger partial charge in [0, 0.05) is 49.4 Å². The van der Waals surface area contributed by atoms with E-state index < -0.39 is 0 Å². The van der Waals surface area contributed by atoms with E-state index >= 15 is 0 Å². The molecule has 0 radical (unpaired) electrons. The minimum Gasteiger partial charge on any atom is -0.489 e. The lowest BCUT2D eigenvalue weighted by molar-refractivity contribution is 0.0863. The van der Waals surface area contributed by atoms with E-state index in [-0.39, 0.29) is 17.3 Å². The number of fused-ring (bicyclic) bond motifs is 1. The van der Waals surface area contributed by atoms with E-state index in [0.29, 0.717) is 5.88 Å². The van der Waals surface area contributed by atoms with Crippen LogP contribution in [-0.2, 0) is 6.42 Å². The molecule has 1 aliphatic carbocycles. The van der Waals surface area contributed by atoms with Gasteiger partial charge in [0.05, 0.1) is 19.0 Å². The first-order chi connectivity index (χ1) is 13.4. The second-order valence-corrected chi connectivity index (χ2v) is 8.35. The zero-order valence-corrected chi connectivity index (χ0v) is 17.0. The van der Waals surface area contributed by atoms with Gasteiger partial charge in [-0.3, -0.25) is 4.79 Å². The summed E-state index contributed by atoms with van der Waals surface area (Å²) in [6.45, 7) is 7.83. The van der Waals surface area contributed by atoms with Gasteiger partial charge in [-0.15, -0.1) is 0 Å². The van der Waals surface area contributed by atoms with Crippen molar-refractivity contribution in [2.24, 2.45) is 5.41 Å². The molecule has 0 unspecified atom stereocenters. The van der Waals surface area contributed by atoms with Crippen LogP contribution in [0.5, 0.6) is 11.6 Å². The molecule has 0 N–H and O–H groups in total. The van der Waals surface area contributed by atoms with E-state index in [2.05, 4.69) is 9.88 Å². The maximum absolute atomic E-state index is 12.5. The predicted octanol–water partition coefficient (Wildman–Crippen LogP) is 3.61. The average molecular weight is 381 g/mol. The van der Waals surface area contributed by atoms with Gasteiger partial charge in [-0.25, -0.2) is 9.97 Å². The van der Waals surface area contributed by atoms with Gasteiger partial charge in [0.15, 0.2) is 5.78 Å². The molecule has 1 saturated heterocycles. The number of aromatic nitrogens is 2. The quantitative estimate of drug-likeness (QED) is 0.806. The zero-order chi connectivity index (χ0) is 19.9. The van der Waals surface area contributed by atoms with Crippen molar-refractivity contribution in [1.82, 2.24) is 9.97 Å². The van der Waals surface area contributed by atoms with Gasteiger partial charge in [0.1, 0.15) is 17.7 Å². The first kappa shape index (κ1) is 18.7. The van der Waals surface area contributed by atoms with Crippen LogP contribution in [0.25, 0.3) is 0 Å².